The molecule has 0 radical (unpaired) electrons. The summed E-state index contributed by atoms with van der Waals surface area (Å²) in [7, 11) is 1.60. The quantitative estimate of drug-likeness (QED) is 0.436. The summed E-state index contributed by atoms with van der Waals surface area (Å²) >= 11 is 0. The molecule has 29 heavy (non-hydrogen) atoms. The van der Waals surface area contributed by atoms with Crippen LogP contribution in [0.3, 0.4) is 0 Å². The molecular formula is C25H28O4. The molecule has 1 heterocycles. The van der Waals surface area contributed by atoms with Crippen molar-refractivity contribution >= 4 is 11.0 Å². The van der Waals surface area contributed by atoms with E-state index < -0.39 is 0 Å². The molecule has 3 rings (SSSR count). The van der Waals surface area contributed by atoms with Crippen molar-refractivity contribution in [2.24, 2.45) is 0 Å². The molecule has 0 amide bonds. The van der Waals surface area contributed by atoms with E-state index in [-0.39, 0.29) is 11.5 Å². The fourth-order valence-corrected chi connectivity index (χ4v) is 3.36. The van der Waals surface area contributed by atoms with Crippen molar-refractivity contribution in [3.05, 3.63) is 65.3 Å². The minimum Gasteiger partial charge on any atom is -0.508 e. The maximum absolute atomic E-state index is 10.2. The predicted molar refractivity (Wildman–Crippen MR) is 118 cm³/mol. The highest BCUT2D eigenvalue weighted by Gasteiger charge is 2.16. The molecule has 0 bridgehead atoms. The van der Waals surface area contributed by atoms with Crippen LogP contribution in [0.4, 0.5) is 0 Å². The van der Waals surface area contributed by atoms with Crippen LogP contribution in [0.1, 0.15) is 39.2 Å². The van der Waals surface area contributed by atoms with Gasteiger partial charge in [0.2, 0.25) is 0 Å². The Bertz CT molecular complexity index is 1070. The number of rotatable bonds is 7. The lowest BCUT2D eigenvalue weighted by Gasteiger charge is -2.13. The average Bonchev–Trinajstić information content (AvgIpc) is 3.09. The minimum atomic E-state index is 0.119. The number of aromatic hydroxyl groups is 2. The molecule has 4 heteroatoms. The molecule has 0 aliphatic heterocycles. The van der Waals surface area contributed by atoms with E-state index in [0.717, 1.165) is 29.4 Å². The van der Waals surface area contributed by atoms with E-state index in [2.05, 4.69) is 32.9 Å². The first-order valence-corrected chi connectivity index (χ1v) is 9.79. The van der Waals surface area contributed by atoms with Gasteiger partial charge in [0.1, 0.15) is 28.6 Å². The highest BCUT2D eigenvalue weighted by atomic mass is 16.5. The summed E-state index contributed by atoms with van der Waals surface area (Å²) in [6.07, 6.45) is 7.14. The van der Waals surface area contributed by atoms with Crippen LogP contribution in [0.2, 0.25) is 0 Å². The lowest BCUT2D eigenvalue weighted by Crippen LogP contribution is -1.95. The van der Waals surface area contributed by atoms with Crippen molar-refractivity contribution < 1.29 is 19.4 Å². The minimum absolute atomic E-state index is 0.119. The zero-order valence-electron chi connectivity index (χ0n) is 17.5. The highest BCUT2D eigenvalue weighted by Crippen LogP contribution is 2.38. The summed E-state index contributed by atoms with van der Waals surface area (Å²) in [6, 6.07) is 10.3. The standard InChI is InChI=1S/C25H28O4/c1-16(2)6-5-7-17(3)8-11-21-22(13-20(27)15-24(21)28-4)25-12-18-9-10-19(26)14-23(18)29-25/h6,8-10,12-15,26-27H,5,7,11H2,1-4H3/b17-8-. The summed E-state index contributed by atoms with van der Waals surface area (Å²) in [5.41, 5.74) is 4.97. The van der Waals surface area contributed by atoms with E-state index in [1.807, 2.05) is 12.1 Å². The van der Waals surface area contributed by atoms with Crippen LogP contribution in [0.5, 0.6) is 17.2 Å². The third-order valence-corrected chi connectivity index (χ3v) is 4.93. The van der Waals surface area contributed by atoms with Crippen molar-refractivity contribution in [3.8, 4) is 28.6 Å². The first-order chi connectivity index (χ1) is 13.9. The third kappa shape index (κ3) is 5.02. The number of furan rings is 1. The van der Waals surface area contributed by atoms with Crippen molar-refractivity contribution in [1.29, 1.82) is 0 Å². The zero-order chi connectivity index (χ0) is 21.0. The number of ether oxygens (including phenoxy) is 1. The molecule has 0 unspecified atom stereocenters. The van der Waals surface area contributed by atoms with E-state index in [1.54, 1.807) is 31.4 Å². The normalized spacial score (nSPS) is 11.7. The van der Waals surface area contributed by atoms with Crippen molar-refractivity contribution in [3.63, 3.8) is 0 Å². The zero-order valence-corrected chi connectivity index (χ0v) is 17.5. The monoisotopic (exact) mass is 392 g/mol. The van der Waals surface area contributed by atoms with Gasteiger partial charge in [0.15, 0.2) is 0 Å². The van der Waals surface area contributed by atoms with Crippen LogP contribution in [0.25, 0.3) is 22.3 Å². The second-order valence-electron chi connectivity index (χ2n) is 7.58. The van der Waals surface area contributed by atoms with Crippen LogP contribution in [-0.2, 0) is 6.42 Å². The molecule has 0 atom stereocenters. The average molecular weight is 392 g/mol. The Morgan fingerprint density at radius 3 is 2.52 bits per heavy atom. The number of hydrogen-bond donors (Lipinski definition) is 2. The van der Waals surface area contributed by atoms with Crippen LogP contribution < -0.4 is 4.74 Å². The Labute approximate surface area is 171 Å². The third-order valence-electron chi connectivity index (χ3n) is 4.93. The smallest absolute Gasteiger partial charge is 0.138 e. The van der Waals surface area contributed by atoms with Crippen LogP contribution in [0.15, 0.2) is 64.1 Å². The van der Waals surface area contributed by atoms with Gasteiger partial charge in [0.05, 0.1) is 7.11 Å². The Kier molecular flexibility index (Phi) is 6.32. The Morgan fingerprint density at radius 2 is 1.79 bits per heavy atom. The maximum Gasteiger partial charge on any atom is 0.138 e. The van der Waals surface area contributed by atoms with Gasteiger partial charge >= 0.3 is 0 Å². The van der Waals surface area contributed by atoms with Gasteiger partial charge in [-0.2, -0.15) is 0 Å². The number of methoxy groups -OCH3 is 1. The number of phenolic OH excluding ortho intramolecular Hbond substituents is 2. The SMILES string of the molecule is COc1cc(O)cc(-c2cc3ccc(O)cc3o2)c1C/C=C(/C)CCC=C(C)C. The lowest BCUT2D eigenvalue weighted by atomic mass is 9.98. The Morgan fingerprint density at radius 1 is 1.00 bits per heavy atom. The van der Waals surface area contributed by atoms with Gasteiger partial charge in [0, 0.05) is 28.6 Å². The molecule has 3 aromatic rings. The molecule has 4 nitrogen and oxygen atoms in total. The number of hydrogen-bond acceptors (Lipinski definition) is 4. The molecule has 152 valence electrons. The molecule has 0 spiro atoms. The van der Waals surface area contributed by atoms with Crippen LogP contribution in [0, 0.1) is 0 Å². The predicted octanol–water partition coefficient (Wildman–Crippen LogP) is 6.75. The van der Waals surface area contributed by atoms with Crippen LogP contribution in [-0.4, -0.2) is 17.3 Å². The van der Waals surface area contributed by atoms with E-state index >= 15 is 0 Å². The highest BCUT2D eigenvalue weighted by molar-refractivity contribution is 5.85. The topological polar surface area (TPSA) is 62.8 Å². The largest absolute Gasteiger partial charge is 0.508 e. The molecular weight excluding hydrogens is 364 g/mol. The fourth-order valence-electron chi connectivity index (χ4n) is 3.36. The molecule has 0 aliphatic carbocycles. The first-order valence-electron chi connectivity index (χ1n) is 9.79. The van der Waals surface area contributed by atoms with Crippen LogP contribution >= 0.6 is 0 Å². The first kappa shape index (κ1) is 20.6. The van der Waals surface area contributed by atoms with E-state index in [4.69, 9.17) is 9.15 Å². The summed E-state index contributed by atoms with van der Waals surface area (Å²) in [5.74, 6) is 1.53. The van der Waals surface area contributed by atoms with Crippen molar-refractivity contribution in [1.82, 2.24) is 0 Å². The summed E-state index contributed by atoms with van der Waals surface area (Å²) in [4.78, 5) is 0. The summed E-state index contributed by atoms with van der Waals surface area (Å²) in [5, 5.41) is 20.8. The van der Waals surface area contributed by atoms with Crippen molar-refractivity contribution in [2.45, 2.75) is 40.0 Å². The Balaban J connectivity index is 1.98. The van der Waals surface area contributed by atoms with Gasteiger partial charge < -0.3 is 19.4 Å². The molecule has 0 saturated heterocycles. The second-order valence-corrected chi connectivity index (χ2v) is 7.58. The van der Waals surface area contributed by atoms with Gasteiger partial charge in [-0.25, -0.2) is 0 Å². The van der Waals surface area contributed by atoms with E-state index in [9.17, 15) is 10.2 Å². The molecule has 0 fully saturated rings. The van der Waals surface area contributed by atoms with Gasteiger partial charge in [-0.3, -0.25) is 0 Å². The van der Waals surface area contributed by atoms with Gasteiger partial charge in [-0.15, -0.1) is 0 Å². The fraction of sp³-hybridized carbons (Fsp3) is 0.280. The molecule has 1 aromatic heterocycles. The van der Waals surface area contributed by atoms with Crippen molar-refractivity contribution in [2.75, 3.05) is 7.11 Å². The second kappa shape index (κ2) is 8.91. The maximum atomic E-state index is 10.2. The van der Waals surface area contributed by atoms with Gasteiger partial charge in [0.25, 0.3) is 0 Å². The molecule has 2 N–H and O–H groups in total. The van der Waals surface area contributed by atoms with E-state index in [1.165, 1.54) is 11.1 Å². The molecule has 0 aliphatic rings. The van der Waals surface area contributed by atoms with Gasteiger partial charge in [-0.05, 0) is 64.3 Å². The lowest BCUT2D eigenvalue weighted by molar-refractivity contribution is 0.403. The number of allylic oxidation sites excluding steroid dienone is 4. The summed E-state index contributed by atoms with van der Waals surface area (Å²) < 4.78 is 11.5. The number of benzene rings is 2. The number of fused-ring (bicyclic) bond motifs is 1. The molecule has 2 aromatic carbocycles. The van der Waals surface area contributed by atoms with E-state index in [0.29, 0.717) is 23.5 Å². The Hall–Kier alpha value is -3.14. The van der Waals surface area contributed by atoms with Gasteiger partial charge in [-0.1, -0.05) is 23.3 Å². The summed E-state index contributed by atoms with van der Waals surface area (Å²) in [6.45, 7) is 6.36. The molecule has 0 saturated carbocycles. The number of phenols is 2.